The van der Waals surface area contributed by atoms with Crippen molar-refractivity contribution in [3.05, 3.63) is 71.8 Å². The molecular weight excluding hydrogens is 406 g/mol. The zero-order valence-electron chi connectivity index (χ0n) is 18.9. The maximum absolute atomic E-state index is 6.54. The van der Waals surface area contributed by atoms with Crippen LogP contribution in [0.5, 0.6) is 0 Å². The second kappa shape index (κ2) is 9.59. The Kier molecular flexibility index (Phi) is 6.60. The lowest BCUT2D eigenvalue weighted by atomic mass is 10.0. The predicted octanol–water partition coefficient (Wildman–Crippen LogP) is 3.94. The van der Waals surface area contributed by atoms with Crippen LogP contribution in [0.1, 0.15) is 31.4 Å². The number of benzene rings is 2. The zero-order chi connectivity index (χ0) is 22.0. The Balaban J connectivity index is 1.30. The van der Waals surface area contributed by atoms with E-state index in [4.69, 9.17) is 23.8 Å². The van der Waals surface area contributed by atoms with Gasteiger partial charge in [-0.3, -0.25) is 4.84 Å². The monoisotopic (exact) mass is 439 g/mol. The molecule has 0 unspecified atom stereocenters. The molecule has 4 atom stereocenters. The van der Waals surface area contributed by atoms with Crippen molar-refractivity contribution >= 4 is 0 Å². The number of hydrogen-bond acceptors (Lipinski definition) is 6. The summed E-state index contributed by atoms with van der Waals surface area (Å²) in [4.78, 5) is 6.16. The maximum Gasteiger partial charge on any atom is 0.162 e. The molecule has 2 aliphatic heterocycles. The fourth-order valence-electron chi connectivity index (χ4n) is 4.94. The number of ether oxygens (including phenoxy) is 4. The molecule has 0 amide bonds. The van der Waals surface area contributed by atoms with Crippen molar-refractivity contribution in [1.29, 1.82) is 0 Å². The lowest BCUT2D eigenvalue weighted by Gasteiger charge is -2.41. The maximum atomic E-state index is 6.54. The standard InChI is InChI=1S/C26H33NO5/c1-26(2)30-17-22(18-31-26)27-24-21(16-32-27)13-23(28-14-19-9-5-3-6-10-19)25(24)29-15-20-11-7-4-8-12-20/h3-12,21-25H,13-18H2,1-2H3/t21-,23-,24+,25-/m0/s1. The van der Waals surface area contributed by atoms with E-state index in [1.165, 1.54) is 5.56 Å². The highest BCUT2D eigenvalue weighted by Crippen LogP contribution is 2.41. The van der Waals surface area contributed by atoms with Crippen LogP contribution in [0.15, 0.2) is 60.7 Å². The molecule has 5 rings (SSSR count). The minimum atomic E-state index is -0.546. The summed E-state index contributed by atoms with van der Waals surface area (Å²) in [7, 11) is 0. The van der Waals surface area contributed by atoms with Crippen LogP contribution < -0.4 is 0 Å². The lowest BCUT2D eigenvalue weighted by molar-refractivity contribution is -0.301. The fourth-order valence-corrected chi connectivity index (χ4v) is 4.94. The molecule has 3 aliphatic rings. The van der Waals surface area contributed by atoms with E-state index in [9.17, 15) is 0 Å². The minimum absolute atomic E-state index is 0.0159. The first-order valence-corrected chi connectivity index (χ1v) is 11.6. The van der Waals surface area contributed by atoms with Gasteiger partial charge in [-0.1, -0.05) is 60.7 Å². The summed E-state index contributed by atoms with van der Waals surface area (Å²) in [5.41, 5.74) is 2.34. The highest BCUT2D eigenvalue weighted by molar-refractivity contribution is 5.15. The molecule has 0 bridgehead atoms. The van der Waals surface area contributed by atoms with Crippen LogP contribution in [-0.4, -0.2) is 55.0 Å². The van der Waals surface area contributed by atoms with Gasteiger partial charge in [0.25, 0.3) is 0 Å². The normalized spacial score (nSPS) is 30.4. The van der Waals surface area contributed by atoms with Crippen LogP contribution in [0.2, 0.25) is 0 Å². The van der Waals surface area contributed by atoms with Crippen molar-refractivity contribution in [3.63, 3.8) is 0 Å². The third-order valence-electron chi connectivity index (χ3n) is 6.65. The van der Waals surface area contributed by atoms with Crippen LogP contribution in [0.4, 0.5) is 0 Å². The summed E-state index contributed by atoms with van der Waals surface area (Å²) in [6, 6.07) is 20.8. The average Bonchev–Trinajstić information content (AvgIpc) is 3.37. The van der Waals surface area contributed by atoms with Crippen LogP contribution in [0.3, 0.4) is 0 Å². The molecule has 1 saturated carbocycles. The van der Waals surface area contributed by atoms with Gasteiger partial charge in [-0.2, -0.15) is 5.06 Å². The summed E-state index contributed by atoms with van der Waals surface area (Å²) in [5.74, 6) is -0.179. The van der Waals surface area contributed by atoms with Crippen LogP contribution >= 0.6 is 0 Å². The smallest absolute Gasteiger partial charge is 0.162 e. The minimum Gasteiger partial charge on any atom is -0.371 e. The average molecular weight is 440 g/mol. The fraction of sp³-hybridized carbons (Fsp3) is 0.538. The van der Waals surface area contributed by atoms with Crippen LogP contribution in [-0.2, 0) is 37.0 Å². The molecule has 172 valence electrons. The molecule has 0 N–H and O–H groups in total. The van der Waals surface area contributed by atoms with E-state index >= 15 is 0 Å². The van der Waals surface area contributed by atoms with Gasteiger partial charge in [0.15, 0.2) is 5.79 Å². The molecule has 32 heavy (non-hydrogen) atoms. The van der Waals surface area contributed by atoms with Gasteiger partial charge in [-0.25, -0.2) is 0 Å². The second-order valence-electron chi connectivity index (χ2n) is 9.41. The lowest BCUT2D eigenvalue weighted by Crippen LogP contribution is -2.55. The van der Waals surface area contributed by atoms with E-state index in [1.807, 2.05) is 50.2 Å². The van der Waals surface area contributed by atoms with Gasteiger partial charge in [0.1, 0.15) is 6.10 Å². The largest absolute Gasteiger partial charge is 0.371 e. The van der Waals surface area contributed by atoms with Gasteiger partial charge in [0.2, 0.25) is 0 Å². The van der Waals surface area contributed by atoms with Crippen molar-refractivity contribution in [2.75, 3.05) is 19.8 Å². The van der Waals surface area contributed by atoms with Crippen molar-refractivity contribution in [2.45, 2.75) is 63.6 Å². The van der Waals surface area contributed by atoms with Gasteiger partial charge in [-0.15, -0.1) is 0 Å². The third kappa shape index (κ3) is 4.91. The predicted molar refractivity (Wildman–Crippen MR) is 119 cm³/mol. The van der Waals surface area contributed by atoms with E-state index in [2.05, 4.69) is 29.3 Å². The first kappa shape index (κ1) is 22.0. The van der Waals surface area contributed by atoms with Crippen molar-refractivity contribution in [2.24, 2.45) is 5.92 Å². The van der Waals surface area contributed by atoms with Crippen molar-refractivity contribution in [3.8, 4) is 0 Å². The van der Waals surface area contributed by atoms with E-state index in [0.29, 0.717) is 39.0 Å². The van der Waals surface area contributed by atoms with Crippen molar-refractivity contribution < 1.29 is 23.8 Å². The molecule has 0 aromatic heterocycles. The Labute approximate surface area is 190 Å². The molecule has 1 aliphatic carbocycles. The first-order valence-electron chi connectivity index (χ1n) is 11.6. The molecule has 3 fully saturated rings. The molecule has 0 radical (unpaired) electrons. The second-order valence-corrected chi connectivity index (χ2v) is 9.41. The molecule has 2 aromatic rings. The first-order chi connectivity index (χ1) is 15.6. The molecule has 6 nitrogen and oxygen atoms in total. The van der Waals surface area contributed by atoms with Gasteiger partial charge in [-0.05, 0) is 31.4 Å². The summed E-state index contributed by atoms with van der Waals surface area (Å²) < 4.78 is 24.8. The van der Waals surface area contributed by atoms with Crippen LogP contribution in [0, 0.1) is 5.92 Å². The molecule has 0 spiro atoms. The Morgan fingerprint density at radius 2 is 1.44 bits per heavy atom. The number of hydroxylamine groups is 2. The van der Waals surface area contributed by atoms with E-state index in [0.717, 1.165) is 12.0 Å². The third-order valence-corrected chi connectivity index (χ3v) is 6.65. The van der Waals surface area contributed by atoms with Gasteiger partial charge < -0.3 is 18.9 Å². The number of rotatable bonds is 7. The van der Waals surface area contributed by atoms with E-state index < -0.39 is 5.79 Å². The summed E-state index contributed by atoms with van der Waals surface area (Å²) in [6.07, 6.45) is 0.858. The number of hydrogen-bond donors (Lipinski definition) is 0. The van der Waals surface area contributed by atoms with E-state index in [1.54, 1.807) is 0 Å². The van der Waals surface area contributed by atoms with Crippen molar-refractivity contribution in [1.82, 2.24) is 5.06 Å². The number of nitrogens with zero attached hydrogens (tertiary/aromatic N) is 1. The highest BCUT2D eigenvalue weighted by atomic mass is 16.7. The highest BCUT2D eigenvalue weighted by Gasteiger charge is 2.54. The Morgan fingerprint density at radius 1 is 0.844 bits per heavy atom. The Bertz CT molecular complexity index is 851. The van der Waals surface area contributed by atoms with Crippen LogP contribution in [0.25, 0.3) is 0 Å². The summed E-state index contributed by atoms with van der Waals surface area (Å²) >= 11 is 0. The quantitative estimate of drug-likeness (QED) is 0.651. The Morgan fingerprint density at radius 3 is 2.06 bits per heavy atom. The van der Waals surface area contributed by atoms with E-state index in [-0.39, 0.29) is 24.3 Å². The summed E-state index contributed by atoms with van der Waals surface area (Å²) in [5, 5.41) is 2.08. The molecular formula is C26H33NO5. The Hall–Kier alpha value is -1.80. The van der Waals surface area contributed by atoms with Gasteiger partial charge in [0, 0.05) is 5.92 Å². The molecule has 2 saturated heterocycles. The van der Waals surface area contributed by atoms with Gasteiger partial charge in [0.05, 0.1) is 51.2 Å². The molecule has 6 heteroatoms. The topological polar surface area (TPSA) is 49.4 Å². The van der Waals surface area contributed by atoms with Gasteiger partial charge >= 0.3 is 0 Å². The SMILES string of the molecule is CC1(C)OCC(N2OC[C@@H]3C[C@H](OCc4ccccc4)[C@H](OCc4ccccc4)[C@@H]32)CO1. The molecule has 2 aromatic carbocycles. The number of fused-ring (bicyclic) bond motifs is 1. The summed E-state index contributed by atoms with van der Waals surface area (Å²) in [6.45, 7) is 6.88. The molecule has 2 heterocycles. The zero-order valence-corrected chi connectivity index (χ0v) is 18.9.